The molecule has 0 spiro atoms. The first-order chi connectivity index (χ1) is 11.3. The van der Waals surface area contributed by atoms with Crippen LogP contribution in [-0.2, 0) is 16.0 Å². The molecule has 0 unspecified atom stereocenters. The molecular weight excluding hydrogens is 338 g/mol. The van der Waals surface area contributed by atoms with E-state index in [2.05, 4.69) is 0 Å². The van der Waals surface area contributed by atoms with E-state index in [9.17, 15) is 4.79 Å². The molecule has 25 heavy (non-hydrogen) atoms. The monoisotopic (exact) mass is 363 g/mol. The minimum atomic E-state index is -0.660. The quantitative estimate of drug-likeness (QED) is 0.816. The zero-order valence-corrected chi connectivity index (χ0v) is 15.9. The van der Waals surface area contributed by atoms with Crippen molar-refractivity contribution in [1.29, 1.82) is 0 Å². The van der Waals surface area contributed by atoms with E-state index in [0.717, 1.165) is 22.4 Å². The lowest BCUT2D eigenvalue weighted by molar-refractivity contribution is -0.156. The van der Waals surface area contributed by atoms with Crippen LogP contribution in [0.25, 0.3) is 11.1 Å². The summed E-state index contributed by atoms with van der Waals surface area (Å²) in [6.07, 6.45) is 0.452. The van der Waals surface area contributed by atoms with Crippen molar-refractivity contribution in [3.63, 3.8) is 0 Å². The van der Waals surface area contributed by atoms with Crippen molar-refractivity contribution in [3.8, 4) is 16.9 Å². The fourth-order valence-corrected chi connectivity index (χ4v) is 2.35. The Hall–Kier alpha value is -2.04. The topological polar surface area (TPSA) is 61.5 Å². The molecule has 0 aliphatic heterocycles. The number of nitrogens with two attached hydrogens (primary N) is 1. The lowest BCUT2D eigenvalue weighted by atomic mass is 10.0. The van der Waals surface area contributed by atoms with E-state index in [1.165, 1.54) is 0 Å². The molecule has 0 aliphatic carbocycles. The summed E-state index contributed by atoms with van der Waals surface area (Å²) in [4.78, 5) is 12.0. The van der Waals surface area contributed by atoms with Gasteiger partial charge in [-0.15, -0.1) is 12.4 Å². The van der Waals surface area contributed by atoms with Gasteiger partial charge in [-0.2, -0.15) is 0 Å². The third-order valence-electron chi connectivity index (χ3n) is 3.52. The summed E-state index contributed by atoms with van der Waals surface area (Å²) < 4.78 is 10.6. The Morgan fingerprint density at radius 3 is 2.28 bits per heavy atom. The lowest BCUT2D eigenvalue weighted by Crippen LogP contribution is -2.38. The Morgan fingerprint density at radius 1 is 1.08 bits per heavy atom. The number of benzene rings is 2. The molecule has 0 bridgehead atoms. The molecule has 4 nitrogen and oxygen atoms in total. The number of esters is 1. The smallest absolute Gasteiger partial charge is 0.323 e. The van der Waals surface area contributed by atoms with Gasteiger partial charge >= 0.3 is 5.97 Å². The Morgan fingerprint density at radius 2 is 1.72 bits per heavy atom. The van der Waals surface area contributed by atoms with E-state index in [4.69, 9.17) is 15.2 Å². The van der Waals surface area contributed by atoms with Crippen LogP contribution >= 0.6 is 12.4 Å². The van der Waals surface area contributed by atoms with Gasteiger partial charge in [-0.3, -0.25) is 4.79 Å². The standard InChI is InChI=1S/C20H25NO3.ClH/c1-20(2,3)24-19(22)18(21)12-14-8-10-15(11-9-14)16-6-5-7-17(13-16)23-4;/h5-11,13,18H,12,21H2,1-4H3;1H/t18-;/m0./s1. The SMILES string of the molecule is COc1cccc(-c2ccc(C[C@H](N)C(=O)OC(C)(C)C)cc2)c1.Cl. The van der Waals surface area contributed by atoms with Gasteiger partial charge in [0.1, 0.15) is 17.4 Å². The van der Waals surface area contributed by atoms with Crippen molar-refractivity contribution in [2.45, 2.75) is 38.8 Å². The number of halogens is 1. The van der Waals surface area contributed by atoms with Crippen LogP contribution in [0.5, 0.6) is 5.75 Å². The van der Waals surface area contributed by atoms with Gasteiger partial charge in [-0.1, -0.05) is 36.4 Å². The Bertz CT molecular complexity index is 693. The number of carbonyl (C=O) groups is 1. The molecule has 2 rings (SSSR count). The molecule has 2 N–H and O–H groups in total. The van der Waals surface area contributed by atoms with Crippen LogP contribution in [0.15, 0.2) is 48.5 Å². The number of hydrogen-bond donors (Lipinski definition) is 1. The predicted octanol–water partition coefficient (Wildman–Crippen LogP) is 4.00. The first-order valence-electron chi connectivity index (χ1n) is 8.00. The summed E-state index contributed by atoms with van der Waals surface area (Å²) in [5, 5.41) is 0. The van der Waals surface area contributed by atoms with Crippen LogP contribution in [0, 0.1) is 0 Å². The molecule has 1 atom stereocenters. The van der Waals surface area contributed by atoms with Crippen LogP contribution in [0.1, 0.15) is 26.3 Å². The summed E-state index contributed by atoms with van der Waals surface area (Å²) >= 11 is 0. The van der Waals surface area contributed by atoms with Crippen molar-refractivity contribution in [2.24, 2.45) is 5.73 Å². The molecule has 2 aromatic rings. The Balaban J connectivity index is 0.00000312. The van der Waals surface area contributed by atoms with Crippen molar-refractivity contribution in [3.05, 3.63) is 54.1 Å². The number of methoxy groups -OCH3 is 1. The zero-order valence-electron chi connectivity index (χ0n) is 15.1. The van der Waals surface area contributed by atoms with E-state index in [1.807, 2.05) is 69.3 Å². The van der Waals surface area contributed by atoms with Crippen LogP contribution in [-0.4, -0.2) is 24.7 Å². The molecule has 0 radical (unpaired) electrons. The number of hydrogen-bond acceptors (Lipinski definition) is 4. The van der Waals surface area contributed by atoms with Crippen molar-refractivity contribution in [1.82, 2.24) is 0 Å². The van der Waals surface area contributed by atoms with Crippen molar-refractivity contribution >= 4 is 18.4 Å². The normalized spacial score (nSPS) is 12.0. The average molecular weight is 364 g/mol. The van der Waals surface area contributed by atoms with Gasteiger partial charge in [-0.05, 0) is 56.0 Å². The molecule has 0 saturated carbocycles. The van der Waals surface area contributed by atoms with Gasteiger partial charge in [-0.25, -0.2) is 0 Å². The van der Waals surface area contributed by atoms with Crippen LogP contribution in [0.3, 0.4) is 0 Å². The maximum atomic E-state index is 12.0. The third kappa shape index (κ3) is 6.40. The van der Waals surface area contributed by atoms with Gasteiger partial charge in [0.15, 0.2) is 0 Å². The van der Waals surface area contributed by atoms with Crippen LogP contribution in [0.2, 0.25) is 0 Å². The van der Waals surface area contributed by atoms with E-state index < -0.39 is 11.6 Å². The Kier molecular flexibility index (Phi) is 7.46. The Labute approximate surface area is 155 Å². The molecule has 0 heterocycles. The highest BCUT2D eigenvalue weighted by molar-refractivity contribution is 5.85. The molecule has 0 amide bonds. The second-order valence-corrected chi connectivity index (χ2v) is 6.77. The minimum absolute atomic E-state index is 0. The van der Waals surface area contributed by atoms with Crippen molar-refractivity contribution in [2.75, 3.05) is 7.11 Å². The molecule has 0 aliphatic rings. The number of ether oxygens (including phenoxy) is 2. The van der Waals surface area contributed by atoms with Crippen molar-refractivity contribution < 1.29 is 14.3 Å². The zero-order chi connectivity index (χ0) is 17.7. The summed E-state index contributed by atoms with van der Waals surface area (Å²) in [7, 11) is 1.65. The lowest BCUT2D eigenvalue weighted by Gasteiger charge is -2.22. The molecule has 2 aromatic carbocycles. The molecule has 0 fully saturated rings. The summed E-state index contributed by atoms with van der Waals surface area (Å²) in [5.74, 6) is 0.447. The van der Waals surface area contributed by atoms with E-state index >= 15 is 0 Å². The molecule has 136 valence electrons. The van der Waals surface area contributed by atoms with Gasteiger partial charge in [0.25, 0.3) is 0 Å². The highest BCUT2D eigenvalue weighted by Gasteiger charge is 2.22. The van der Waals surface area contributed by atoms with Gasteiger partial charge in [0, 0.05) is 0 Å². The molecule has 0 saturated heterocycles. The number of rotatable bonds is 5. The fourth-order valence-electron chi connectivity index (χ4n) is 2.35. The maximum Gasteiger partial charge on any atom is 0.323 e. The molecule has 0 aromatic heterocycles. The van der Waals surface area contributed by atoms with E-state index in [1.54, 1.807) is 7.11 Å². The summed E-state index contributed by atoms with van der Waals surface area (Å²) in [5.41, 5.74) is 8.60. The van der Waals surface area contributed by atoms with Crippen LogP contribution in [0.4, 0.5) is 0 Å². The maximum absolute atomic E-state index is 12.0. The summed E-state index contributed by atoms with van der Waals surface area (Å²) in [6.45, 7) is 5.50. The van der Waals surface area contributed by atoms with E-state index in [0.29, 0.717) is 6.42 Å². The van der Waals surface area contributed by atoms with E-state index in [-0.39, 0.29) is 18.4 Å². The first-order valence-corrected chi connectivity index (χ1v) is 8.00. The number of carbonyl (C=O) groups excluding carboxylic acids is 1. The molecule has 5 heteroatoms. The van der Waals surface area contributed by atoms with Gasteiger partial charge in [0.05, 0.1) is 7.11 Å². The third-order valence-corrected chi connectivity index (χ3v) is 3.52. The van der Waals surface area contributed by atoms with Crippen LogP contribution < -0.4 is 10.5 Å². The molecular formula is C20H26ClNO3. The average Bonchev–Trinajstić information content (AvgIpc) is 2.54. The predicted molar refractivity (Wildman–Crippen MR) is 103 cm³/mol. The fraction of sp³-hybridized carbons (Fsp3) is 0.350. The summed E-state index contributed by atoms with van der Waals surface area (Å²) in [6, 6.07) is 15.2. The van der Waals surface area contributed by atoms with Gasteiger partial charge in [0.2, 0.25) is 0 Å². The highest BCUT2D eigenvalue weighted by Crippen LogP contribution is 2.24. The largest absolute Gasteiger partial charge is 0.497 e. The first kappa shape index (κ1) is 21.0. The minimum Gasteiger partial charge on any atom is -0.497 e. The highest BCUT2D eigenvalue weighted by atomic mass is 35.5. The second-order valence-electron chi connectivity index (χ2n) is 6.77. The second kappa shape index (κ2) is 8.88. The van der Waals surface area contributed by atoms with Gasteiger partial charge < -0.3 is 15.2 Å².